The Labute approximate surface area is 140 Å². The fourth-order valence-corrected chi connectivity index (χ4v) is 3.25. The molecule has 0 aliphatic heterocycles. The Morgan fingerprint density at radius 3 is 2.70 bits per heavy atom. The topological polar surface area (TPSA) is 75.9 Å². The van der Waals surface area contributed by atoms with Gasteiger partial charge in [0.25, 0.3) is 0 Å². The smallest absolute Gasteiger partial charge is 0.148 e. The van der Waals surface area contributed by atoms with Crippen molar-refractivity contribution in [3.8, 4) is 0 Å². The van der Waals surface area contributed by atoms with Gasteiger partial charge in [0, 0.05) is 13.6 Å². The Balaban J connectivity index is 2.37. The molecule has 0 radical (unpaired) electrons. The van der Waals surface area contributed by atoms with Crippen molar-refractivity contribution in [2.45, 2.75) is 19.8 Å². The molecule has 0 amide bonds. The summed E-state index contributed by atoms with van der Waals surface area (Å²) in [5.74, 6) is 6.95. The quantitative estimate of drug-likeness (QED) is 0.369. The Kier molecular flexibility index (Phi) is 5.55. The predicted molar refractivity (Wildman–Crippen MR) is 94.0 cm³/mol. The zero-order valence-corrected chi connectivity index (χ0v) is 14.7. The minimum Gasteiger partial charge on any atom is -0.339 e. The molecule has 5 nitrogen and oxygen atoms in total. The molecule has 2 aromatic rings. The fraction of sp³-hybridized carbons (Fsp3) is 0.231. The van der Waals surface area contributed by atoms with Gasteiger partial charge in [0.15, 0.2) is 0 Å². The zero-order valence-electron chi connectivity index (χ0n) is 11.0. The maximum absolute atomic E-state index is 5.51. The molecule has 0 saturated heterocycles. The van der Waals surface area contributed by atoms with Crippen LogP contribution in [-0.4, -0.2) is 9.97 Å². The molecule has 0 fully saturated rings. The van der Waals surface area contributed by atoms with E-state index in [2.05, 4.69) is 66.2 Å². The molecule has 0 aliphatic rings. The van der Waals surface area contributed by atoms with E-state index in [0.717, 1.165) is 34.4 Å². The summed E-state index contributed by atoms with van der Waals surface area (Å²) < 4.78 is 2.16. The standard InChI is InChI=1S/C13H15BrIN5/c1-2-3-9-12(17-7-18-13(9)20-16)19-11-5-4-8(15)6-10(11)14/h4-7H,2-3,16H2,1H3,(H2,17,18,19,20). The summed E-state index contributed by atoms with van der Waals surface area (Å²) in [6, 6.07) is 6.10. The van der Waals surface area contributed by atoms with Crippen LogP contribution < -0.4 is 16.6 Å². The van der Waals surface area contributed by atoms with Gasteiger partial charge in [-0.05, 0) is 63.1 Å². The lowest BCUT2D eigenvalue weighted by Crippen LogP contribution is -2.13. The molecule has 0 spiro atoms. The van der Waals surface area contributed by atoms with Crippen LogP contribution in [0.1, 0.15) is 18.9 Å². The number of aromatic nitrogens is 2. The fourth-order valence-electron chi connectivity index (χ4n) is 1.85. The van der Waals surface area contributed by atoms with Crippen LogP contribution in [0.2, 0.25) is 0 Å². The van der Waals surface area contributed by atoms with Gasteiger partial charge in [0.1, 0.15) is 18.0 Å². The summed E-state index contributed by atoms with van der Waals surface area (Å²) in [5.41, 5.74) is 4.58. The molecule has 0 saturated carbocycles. The summed E-state index contributed by atoms with van der Waals surface area (Å²) in [6.45, 7) is 2.11. The zero-order chi connectivity index (χ0) is 14.5. The first kappa shape index (κ1) is 15.5. The van der Waals surface area contributed by atoms with Crippen molar-refractivity contribution in [3.63, 3.8) is 0 Å². The molecule has 1 heterocycles. The van der Waals surface area contributed by atoms with E-state index in [1.165, 1.54) is 9.90 Å². The maximum Gasteiger partial charge on any atom is 0.148 e. The van der Waals surface area contributed by atoms with Crippen LogP contribution in [0.3, 0.4) is 0 Å². The van der Waals surface area contributed by atoms with Crippen LogP contribution in [0.15, 0.2) is 29.0 Å². The van der Waals surface area contributed by atoms with Crippen LogP contribution in [0, 0.1) is 3.57 Å². The molecule has 20 heavy (non-hydrogen) atoms. The molecule has 7 heteroatoms. The second-order valence-electron chi connectivity index (χ2n) is 4.19. The highest BCUT2D eigenvalue weighted by Crippen LogP contribution is 2.29. The molecule has 1 aromatic heterocycles. The van der Waals surface area contributed by atoms with Gasteiger partial charge in [-0.3, -0.25) is 0 Å². The number of nitrogens with zero attached hydrogens (tertiary/aromatic N) is 2. The van der Waals surface area contributed by atoms with Crippen molar-refractivity contribution in [2.75, 3.05) is 10.7 Å². The number of nitrogens with two attached hydrogens (primary N) is 1. The second-order valence-corrected chi connectivity index (χ2v) is 6.29. The number of halogens is 2. The van der Waals surface area contributed by atoms with Gasteiger partial charge in [0.05, 0.1) is 5.69 Å². The van der Waals surface area contributed by atoms with Crippen molar-refractivity contribution in [1.29, 1.82) is 0 Å². The summed E-state index contributed by atoms with van der Waals surface area (Å²) in [7, 11) is 0. The molecule has 4 N–H and O–H groups in total. The summed E-state index contributed by atoms with van der Waals surface area (Å²) in [4.78, 5) is 8.48. The molecule has 0 aliphatic carbocycles. The number of hydrazine groups is 1. The van der Waals surface area contributed by atoms with E-state index in [9.17, 15) is 0 Å². The number of anilines is 3. The highest BCUT2D eigenvalue weighted by molar-refractivity contribution is 14.1. The third-order valence-corrected chi connectivity index (χ3v) is 4.09. The van der Waals surface area contributed by atoms with Gasteiger partial charge in [-0.2, -0.15) is 0 Å². The van der Waals surface area contributed by atoms with Crippen LogP contribution in [0.5, 0.6) is 0 Å². The highest BCUT2D eigenvalue weighted by atomic mass is 127. The van der Waals surface area contributed by atoms with Crippen molar-refractivity contribution < 1.29 is 0 Å². The van der Waals surface area contributed by atoms with Crippen molar-refractivity contribution >= 4 is 55.8 Å². The number of nitrogen functional groups attached to an aromatic ring is 1. The highest BCUT2D eigenvalue weighted by Gasteiger charge is 2.11. The summed E-state index contributed by atoms with van der Waals surface area (Å²) in [6.07, 6.45) is 3.34. The van der Waals surface area contributed by atoms with E-state index < -0.39 is 0 Å². The minimum atomic E-state index is 0.658. The molecule has 1 aromatic carbocycles. The van der Waals surface area contributed by atoms with Gasteiger partial charge in [-0.15, -0.1) is 0 Å². The molecule has 0 bridgehead atoms. The van der Waals surface area contributed by atoms with Crippen molar-refractivity contribution in [3.05, 3.63) is 38.1 Å². The summed E-state index contributed by atoms with van der Waals surface area (Å²) >= 11 is 5.83. The van der Waals surface area contributed by atoms with Crippen LogP contribution >= 0.6 is 38.5 Å². The van der Waals surface area contributed by atoms with E-state index >= 15 is 0 Å². The lowest BCUT2D eigenvalue weighted by Gasteiger charge is -2.14. The van der Waals surface area contributed by atoms with E-state index in [0.29, 0.717) is 5.82 Å². The Morgan fingerprint density at radius 2 is 2.05 bits per heavy atom. The molecule has 0 unspecified atom stereocenters. The van der Waals surface area contributed by atoms with Crippen molar-refractivity contribution in [1.82, 2.24) is 9.97 Å². The average Bonchev–Trinajstić information content (AvgIpc) is 2.43. The SMILES string of the molecule is CCCc1c(NN)ncnc1Nc1ccc(I)cc1Br. The molecule has 106 valence electrons. The van der Waals surface area contributed by atoms with Crippen molar-refractivity contribution in [2.24, 2.45) is 5.84 Å². The Hall–Kier alpha value is -0.930. The lowest BCUT2D eigenvalue weighted by molar-refractivity contribution is 0.903. The first-order chi connectivity index (χ1) is 9.65. The van der Waals surface area contributed by atoms with Gasteiger partial charge in [-0.1, -0.05) is 13.3 Å². The van der Waals surface area contributed by atoms with Gasteiger partial charge >= 0.3 is 0 Å². The average molecular weight is 448 g/mol. The van der Waals surface area contributed by atoms with Gasteiger partial charge < -0.3 is 10.7 Å². The minimum absolute atomic E-state index is 0.658. The largest absolute Gasteiger partial charge is 0.339 e. The third-order valence-electron chi connectivity index (χ3n) is 2.77. The number of rotatable bonds is 5. The number of hydrogen-bond donors (Lipinski definition) is 3. The number of hydrogen-bond acceptors (Lipinski definition) is 5. The molecule has 2 rings (SSSR count). The first-order valence-electron chi connectivity index (χ1n) is 6.18. The van der Waals surface area contributed by atoms with Gasteiger partial charge in [-0.25, -0.2) is 15.8 Å². The van der Waals surface area contributed by atoms with Crippen LogP contribution in [0.4, 0.5) is 17.3 Å². The third kappa shape index (κ3) is 3.58. The van der Waals surface area contributed by atoms with Gasteiger partial charge in [0.2, 0.25) is 0 Å². The molecular formula is C13H15BrIN5. The number of nitrogens with one attached hydrogen (secondary N) is 2. The predicted octanol–water partition coefficient (Wildman–Crippen LogP) is 3.83. The normalized spacial score (nSPS) is 10.4. The van der Waals surface area contributed by atoms with Crippen LogP contribution in [-0.2, 0) is 6.42 Å². The second kappa shape index (κ2) is 7.19. The Bertz CT molecular complexity index is 605. The lowest BCUT2D eigenvalue weighted by atomic mass is 10.1. The Morgan fingerprint density at radius 1 is 1.30 bits per heavy atom. The maximum atomic E-state index is 5.51. The van der Waals surface area contributed by atoms with E-state index in [1.54, 1.807) is 0 Å². The first-order valence-corrected chi connectivity index (χ1v) is 8.05. The number of benzene rings is 1. The monoisotopic (exact) mass is 447 g/mol. The van der Waals surface area contributed by atoms with E-state index in [-0.39, 0.29) is 0 Å². The van der Waals surface area contributed by atoms with Crippen LogP contribution in [0.25, 0.3) is 0 Å². The molecule has 0 atom stereocenters. The summed E-state index contributed by atoms with van der Waals surface area (Å²) in [5, 5.41) is 3.33. The molecular weight excluding hydrogens is 433 g/mol. The van der Waals surface area contributed by atoms with E-state index in [1.807, 2.05) is 18.2 Å². The van der Waals surface area contributed by atoms with E-state index in [4.69, 9.17) is 5.84 Å².